The highest BCUT2D eigenvalue weighted by Gasteiger charge is 2.24. The molecule has 0 aliphatic heterocycles. The number of azo groups is 2. The molecule has 0 saturated heterocycles. The fraction of sp³-hybridized carbons (Fsp3) is 0.0571. The van der Waals surface area contributed by atoms with E-state index in [1.165, 1.54) is 24.3 Å². The molecule has 12 N–H and O–H groups in total. The molecule has 0 bridgehead atoms. The molecular formula is C35H32N12O18S6. The molecule has 0 fully saturated rings. The number of nitrogen functional groups attached to an aromatic ring is 2. The largest absolute Gasteiger partial charge is 0.397 e. The zero-order valence-electron chi connectivity index (χ0n) is 34.9. The van der Waals surface area contributed by atoms with Gasteiger partial charge in [0.2, 0.25) is 17.8 Å². The van der Waals surface area contributed by atoms with E-state index in [0.717, 1.165) is 66.7 Å². The number of hydrogen-bond acceptors (Lipinski definition) is 25. The molecule has 36 heteroatoms. The van der Waals surface area contributed by atoms with E-state index in [-0.39, 0.29) is 45.5 Å². The van der Waals surface area contributed by atoms with Gasteiger partial charge in [0.1, 0.15) is 26.9 Å². The molecule has 30 nitrogen and oxygen atoms in total. The maximum Gasteiger partial charge on any atom is 0.397 e. The van der Waals surface area contributed by atoms with Crippen LogP contribution in [0.5, 0.6) is 0 Å². The van der Waals surface area contributed by atoms with Crippen LogP contribution >= 0.6 is 0 Å². The van der Waals surface area contributed by atoms with Gasteiger partial charge in [-0.05, 0) is 84.9 Å². The predicted molar refractivity (Wildman–Crippen MR) is 248 cm³/mol. The van der Waals surface area contributed by atoms with Crippen molar-refractivity contribution >= 4 is 130 Å². The summed E-state index contributed by atoms with van der Waals surface area (Å²) in [6, 6.07) is 17.3. The molecule has 0 atom stereocenters. The SMILES string of the molecule is Nc1c(N=Nc2cc(Nc3nc(Nc4cccc(S(=O)(=O)O)c4)nc(Nc4cccc(S(=O)(=O)O)c4)n3)ccc2S(=O)(=O)O)cc(S(=O)(=O)O)c(N)c1N=Nc1ccc(S(=O)(=O)CCOS(=O)(=O)O)cc1. The van der Waals surface area contributed by atoms with E-state index < -0.39 is 121 Å². The minimum absolute atomic E-state index is 0.0223. The standard InChI is InChI=1S/C35H32N12O18S6/c36-30-27(18-29(70(59,60)61)31(37)32(30)47-44-19-7-10-23(11-8-19)66(48,49)14-13-65-71(62,63)64)46-45-26-17-22(9-12-28(26)69(56,57)58)40-35-42-33(38-20-3-1-5-24(15-20)67(50,51)52)41-34(43-35)39-21-4-2-6-25(16-21)68(53,54)55/h1-12,15-18H,13-14,36-37H2,(H,50,51,52)(H,53,54,55)(H,56,57,58)(H,59,60,61)(H,62,63,64)(H3,38,39,40,41,42,43). The summed E-state index contributed by atoms with van der Waals surface area (Å²) >= 11 is 0. The van der Waals surface area contributed by atoms with E-state index in [2.05, 4.69) is 55.5 Å². The number of nitrogens with one attached hydrogen (secondary N) is 3. The van der Waals surface area contributed by atoms with Crippen molar-refractivity contribution < 1.29 is 77.5 Å². The Morgan fingerprint density at radius 3 is 1.42 bits per heavy atom. The fourth-order valence-corrected chi connectivity index (χ4v) is 9.44. The van der Waals surface area contributed by atoms with Gasteiger partial charge in [-0.2, -0.15) is 62.2 Å². The van der Waals surface area contributed by atoms with E-state index >= 15 is 0 Å². The number of rotatable bonds is 19. The van der Waals surface area contributed by atoms with Crippen molar-refractivity contribution in [1.82, 2.24) is 15.0 Å². The van der Waals surface area contributed by atoms with Gasteiger partial charge in [-0.25, -0.2) is 12.6 Å². The molecule has 0 radical (unpaired) electrons. The molecule has 0 saturated carbocycles. The molecule has 6 aromatic rings. The van der Waals surface area contributed by atoms with Gasteiger partial charge in [-0.3, -0.25) is 22.8 Å². The Kier molecular flexibility index (Phi) is 15.1. The van der Waals surface area contributed by atoms with Crippen molar-refractivity contribution in [3.63, 3.8) is 0 Å². The van der Waals surface area contributed by atoms with Gasteiger partial charge in [0.25, 0.3) is 40.5 Å². The second-order valence-electron chi connectivity index (χ2n) is 13.9. The van der Waals surface area contributed by atoms with Crippen LogP contribution in [0.2, 0.25) is 0 Å². The molecule has 1 heterocycles. The van der Waals surface area contributed by atoms with Crippen LogP contribution in [0.15, 0.2) is 142 Å². The van der Waals surface area contributed by atoms with Crippen LogP contribution in [0.1, 0.15) is 0 Å². The lowest BCUT2D eigenvalue weighted by Gasteiger charge is -2.13. The Morgan fingerprint density at radius 1 is 0.479 bits per heavy atom. The van der Waals surface area contributed by atoms with Crippen LogP contribution in [-0.2, 0) is 64.9 Å². The smallest absolute Gasteiger partial charge is 0.396 e. The molecule has 0 unspecified atom stereocenters. The van der Waals surface area contributed by atoms with Gasteiger partial charge in [0.05, 0.1) is 44.1 Å². The Labute approximate surface area is 401 Å². The summed E-state index contributed by atoms with van der Waals surface area (Å²) in [5.41, 5.74) is 8.76. The van der Waals surface area contributed by atoms with Crippen molar-refractivity contribution in [2.45, 2.75) is 24.5 Å². The Hall–Kier alpha value is -7.23. The Bertz CT molecular complexity index is 3750. The van der Waals surface area contributed by atoms with Crippen molar-refractivity contribution in [3.8, 4) is 0 Å². The summed E-state index contributed by atoms with van der Waals surface area (Å²) in [7, 11) is -28.7. The van der Waals surface area contributed by atoms with Crippen LogP contribution in [0.25, 0.3) is 0 Å². The molecule has 0 aliphatic carbocycles. The number of nitrogens with two attached hydrogens (primary N) is 2. The number of benzene rings is 5. The topological polar surface area (TPSA) is 491 Å². The van der Waals surface area contributed by atoms with Crippen LogP contribution in [0.3, 0.4) is 0 Å². The highest BCUT2D eigenvalue weighted by molar-refractivity contribution is 7.91. The van der Waals surface area contributed by atoms with E-state index in [0.29, 0.717) is 6.07 Å². The lowest BCUT2D eigenvalue weighted by molar-refractivity contribution is 0.284. The maximum absolute atomic E-state index is 12.6. The molecule has 6 rings (SSSR count). The first-order valence-corrected chi connectivity index (χ1v) is 27.4. The molecule has 376 valence electrons. The lowest BCUT2D eigenvalue weighted by atomic mass is 10.2. The average molecular weight is 1100 g/mol. The number of sulfone groups is 1. The first-order valence-electron chi connectivity index (χ1n) is 18.7. The van der Waals surface area contributed by atoms with Crippen LogP contribution in [-0.4, -0.2) is 101 Å². The van der Waals surface area contributed by atoms with Gasteiger partial charge in [0, 0.05) is 17.1 Å². The number of anilines is 8. The lowest BCUT2D eigenvalue weighted by Crippen LogP contribution is -2.15. The van der Waals surface area contributed by atoms with Gasteiger partial charge >= 0.3 is 10.4 Å². The third kappa shape index (κ3) is 14.2. The average Bonchev–Trinajstić information content (AvgIpc) is 3.24. The van der Waals surface area contributed by atoms with Crippen molar-refractivity contribution in [2.24, 2.45) is 20.5 Å². The molecule has 0 spiro atoms. The summed E-state index contributed by atoms with van der Waals surface area (Å²) in [4.78, 5) is 9.30. The molecule has 5 aromatic carbocycles. The predicted octanol–water partition coefficient (Wildman–Crippen LogP) is 4.68. The third-order valence-electron chi connectivity index (χ3n) is 8.81. The minimum atomic E-state index is -5.20. The molecular weight excluding hydrogens is 1070 g/mol. The van der Waals surface area contributed by atoms with E-state index in [9.17, 15) is 68.7 Å². The maximum atomic E-state index is 12.6. The summed E-state index contributed by atoms with van der Waals surface area (Å²) in [6.07, 6.45) is 0. The molecule has 1 aromatic heterocycles. The minimum Gasteiger partial charge on any atom is -0.396 e. The summed E-state index contributed by atoms with van der Waals surface area (Å²) in [5, 5.41) is 23.5. The van der Waals surface area contributed by atoms with Crippen LogP contribution < -0.4 is 27.4 Å². The zero-order chi connectivity index (χ0) is 52.3. The monoisotopic (exact) mass is 1100 g/mol. The third-order valence-corrected chi connectivity index (χ3v) is 14.5. The highest BCUT2D eigenvalue weighted by atomic mass is 32.3. The number of nitrogens with zero attached hydrogens (tertiary/aromatic N) is 7. The van der Waals surface area contributed by atoms with E-state index in [1.807, 2.05) is 0 Å². The Balaban J connectivity index is 1.37. The number of aromatic nitrogens is 3. The van der Waals surface area contributed by atoms with Crippen LogP contribution in [0.4, 0.5) is 69.0 Å². The van der Waals surface area contributed by atoms with Crippen LogP contribution in [0, 0.1) is 0 Å². The Morgan fingerprint density at radius 2 is 0.958 bits per heavy atom. The normalized spacial score (nSPS) is 12.9. The first kappa shape index (κ1) is 53.1. The second-order valence-corrected chi connectivity index (χ2v) is 22.7. The van der Waals surface area contributed by atoms with Gasteiger partial charge < -0.3 is 27.4 Å². The fourth-order valence-electron chi connectivity index (χ4n) is 5.66. The summed E-state index contributed by atoms with van der Waals surface area (Å²) in [6.45, 7) is -0.907. The van der Waals surface area contributed by atoms with Gasteiger partial charge in [0.15, 0.2) is 9.84 Å². The molecule has 71 heavy (non-hydrogen) atoms. The van der Waals surface area contributed by atoms with E-state index in [4.69, 9.17) is 16.0 Å². The van der Waals surface area contributed by atoms with Crippen molar-refractivity contribution in [1.29, 1.82) is 0 Å². The quantitative estimate of drug-likeness (QED) is 0.0299. The molecule has 0 aliphatic rings. The highest BCUT2D eigenvalue weighted by Crippen LogP contribution is 2.43. The van der Waals surface area contributed by atoms with Gasteiger partial charge in [-0.15, -0.1) is 15.3 Å². The summed E-state index contributed by atoms with van der Waals surface area (Å²) in [5.74, 6) is -1.88. The van der Waals surface area contributed by atoms with E-state index in [1.54, 1.807) is 0 Å². The van der Waals surface area contributed by atoms with Crippen molar-refractivity contribution in [2.75, 3.05) is 39.8 Å². The molecule has 0 amide bonds. The van der Waals surface area contributed by atoms with Gasteiger partial charge in [-0.1, -0.05) is 12.1 Å². The second kappa shape index (κ2) is 20.2. The summed E-state index contributed by atoms with van der Waals surface area (Å²) < 4.78 is 195. The number of hydrogen-bond donors (Lipinski definition) is 10. The zero-order valence-corrected chi connectivity index (χ0v) is 39.8. The first-order chi connectivity index (χ1) is 32.9. The van der Waals surface area contributed by atoms with Crippen molar-refractivity contribution in [3.05, 3.63) is 97.1 Å².